The second-order valence-electron chi connectivity index (χ2n) is 3.73. The number of nitrogen functional groups attached to an aromatic ring is 1. The normalized spacial score (nSPS) is 12.7. The number of benzene rings is 1. The summed E-state index contributed by atoms with van der Waals surface area (Å²) in [6, 6.07) is 8.56. The fourth-order valence-electron chi connectivity index (χ4n) is 1.86. The SMILES string of the molecule is Cc1ccccc1C(C)n1ccnc1N. The van der Waals surface area contributed by atoms with Crippen molar-refractivity contribution in [2.45, 2.75) is 19.9 Å². The van der Waals surface area contributed by atoms with Gasteiger partial charge in [-0.2, -0.15) is 0 Å². The van der Waals surface area contributed by atoms with E-state index in [1.807, 2.05) is 22.9 Å². The average molecular weight is 201 g/mol. The lowest BCUT2D eigenvalue weighted by atomic mass is 10.0. The van der Waals surface area contributed by atoms with Crippen LogP contribution in [0.4, 0.5) is 5.95 Å². The molecule has 0 aliphatic heterocycles. The number of aromatic nitrogens is 2. The van der Waals surface area contributed by atoms with Gasteiger partial charge in [-0.25, -0.2) is 4.98 Å². The van der Waals surface area contributed by atoms with Gasteiger partial charge in [0.05, 0.1) is 6.04 Å². The minimum absolute atomic E-state index is 0.230. The average Bonchev–Trinajstić information content (AvgIpc) is 2.64. The molecule has 0 aliphatic rings. The van der Waals surface area contributed by atoms with Crippen molar-refractivity contribution in [2.75, 3.05) is 5.73 Å². The molecule has 0 spiro atoms. The molecule has 3 nitrogen and oxygen atoms in total. The second kappa shape index (κ2) is 3.77. The Kier molecular flexibility index (Phi) is 2.46. The fraction of sp³-hybridized carbons (Fsp3) is 0.250. The minimum Gasteiger partial charge on any atom is -0.369 e. The van der Waals surface area contributed by atoms with Crippen molar-refractivity contribution in [3.05, 3.63) is 47.8 Å². The van der Waals surface area contributed by atoms with E-state index >= 15 is 0 Å². The number of anilines is 1. The summed E-state index contributed by atoms with van der Waals surface area (Å²) in [6.45, 7) is 4.24. The molecule has 2 rings (SSSR count). The van der Waals surface area contributed by atoms with E-state index in [1.54, 1.807) is 6.20 Å². The van der Waals surface area contributed by atoms with Crippen LogP contribution < -0.4 is 5.73 Å². The third-order valence-corrected chi connectivity index (χ3v) is 2.75. The maximum absolute atomic E-state index is 5.78. The molecule has 78 valence electrons. The van der Waals surface area contributed by atoms with Gasteiger partial charge in [0, 0.05) is 12.4 Å². The molecular formula is C12H15N3. The molecule has 0 saturated heterocycles. The van der Waals surface area contributed by atoms with Crippen molar-refractivity contribution in [3.8, 4) is 0 Å². The molecule has 0 aliphatic carbocycles. The Balaban J connectivity index is 2.41. The smallest absolute Gasteiger partial charge is 0.200 e. The molecule has 1 heterocycles. The van der Waals surface area contributed by atoms with Crippen molar-refractivity contribution >= 4 is 5.95 Å². The lowest BCUT2D eigenvalue weighted by molar-refractivity contribution is 0.644. The number of hydrogen-bond acceptors (Lipinski definition) is 2. The molecule has 0 bridgehead atoms. The standard InChI is InChI=1S/C12H15N3/c1-9-5-3-4-6-11(9)10(2)15-8-7-14-12(15)13/h3-8,10H,1-2H3,(H2,13,14). The molecule has 2 N–H and O–H groups in total. The summed E-state index contributed by atoms with van der Waals surface area (Å²) in [5.74, 6) is 0.561. The Hall–Kier alpha value is -1.77. The van der Waals surface area contributed by atoms with Crippen molar-refractivity contribution in [1.82, 2.24) is 9.55 Å². The fourth-order valence-corrected chi connectivity index (χ4v) is 1.86. The minimum atomic E-state index is 0.230. The van der Waals surface area contributed by atoms with E-state index in [-0.39, 0.29) is 6.04 Å². The van der Waals surface area contributed by atoms with Crippen molar-refractivity contribution in [2.24, 2.45) is 0 Å². The molecule has 0 saturated carbocycles. The summed E-state index contributed by atoms with van der Waals surface area (Å²) in [6.07, 6.45) is 3.64. The zero-order valence-electron chi connectivity index (χ0n) is 9.01. The third-order valence-electron chi connectivity index (χ3n) is 2.75. The van der Waals surface area contributed by atoms with Gasteiger partial charge in [0.1, 0.15) is 0 Å². The maximum atomic E-state index is 5.78. The molecule has 1 atom stereocenters. The quantitative estimate of drug-likeness (QED) is 0.810. The summed E-state index contributed by atoms with van der Waals surface area (Å²) < 4.78 is 1.97. The number of nitrogens with zero attached hydrogens (tertiary/aromatic N) is 2. The topological polar surface area (TPSA) is 43.8 Å². The Bertz CT molecular complexity index is 459. The third kappa shape index (κ3) is 1.73. The van der Waals surface area contributed by atoms with Crippen LogP contribution in [0.2, 0.25) is 0 Å². The van der Waals surface area contributed by atoms with E-state index in [9.17, 15) is 0 Å². The Morgan fingerprint density at radius 2 is 2.07 bits per heavy atom. The summed E-state index contributed by atoms with van der Waals surface area (Å²) in [5, 5.41) is 0. The van der Waals surface area contributed by atoms with E-state index in [4.69, 9.17) is 5.73 Å². The first-order chi connectivity index (χ1) is 7.20. The first-order valence-electron chi connectivity index (χ1n) is 5.04. The molecule has 0 amide bonds. The highest BCUT2D eigenvalue weighted by Gasteiger charge is 2.11. The van der Waals surface area contributed by atoms with Crippen LogP contribution in [-0.2, 0) is 0 Å². The molecule has 0 radical (unpaired) electrons. The van der Waals surface area contributed by atoms with Crippen LogP contribution in [0.15, 0.2) is 36.7 Å². The molecule has 0 fully saturated rings. The number of imidazole rings is 1. The van der Waals surface area contributed by atoms with Gasteiger partial charge in [0.25, 0.3) is 0 Å². The van der Waals surface area contributed by atoms with Crippen LogP contribution in [0.3, 0.4) is 0 Å². The molecule has 3 heteroatoms. The maximum Gasteiger partial charge on any atom is 0.200 e. The number of hydrogen-bond donors (Lipinski definition) is 1. The lowest BCUT2D eigenvalue weighted by Gasteiger charge is -2.17. The van der Waals surface area contributed by atoms with Crippen molar-refractivity contribution < 1.29 is 0 Å². The van der Waals surface area contributed by atoms with Gasteiger partial charge < -0.3 is 10.3 Å². The number of nitrogens with two attached hydrogens (primary N) is 1. The van der Waals surface area contributed by atoms with Crippen LogP contribution in [-0.4, -0.2) is 9.55 Å². The highest BCUT2D eigenvalue weighted by atomic mass is 15.1. The van der Waals surface area contributed by atoms with Crippen molar-refractivity contribution in [1.29, 1.82) is 0 Å². The highest BCUT2D eigenvalue weighted by Crippen LogP contribution is 2.22. The molecular weight excluding hydrogens is 186 g/mol. The molecule has 2 aromatic rings. The van der Waals surface area contributed by atoms with Gasteiger partial charge in [-0.05, 0) is 25.0 Å². The van der Waals surface area contributed by atoms with Gasteiger partial charge in [0.2, 0.25) is 5.95 Å². The number of aryl methyl sites for hydroxylation is 1. The highest BCUT2D eigenvalue weighted by molar-refractivity contribution is 5.31. The Morgan fingerprint density at radius 1 is 1.33 bits per heavy atom. The van der Waals surface area contributed by atoms with Crippen LogP contribution in [0.1, 0.15) is 24.1 Å². The van der Waals surface area contributed by atoms with E-state index in [0.29, 0.717) is 5.95 Å². The molecule has 1 unspecified atom stereocenters. The zero-order valence-corrected chi connectivity index (χ0v) is 9.01. The van der Waals surface area contributed by atoms with Gasteiger partial charge in [-0.15, -0.1) is 0 Å². The van der Waals surface area contributed by atoms with Gasteiger partial charge in [-0.3, -0.25) is 0 Å². The van der Waals surface area contributed by atoms with E-state index < -0.39 is 0 Å². The summed E-state index contributed by atoms with van der Waals surface area (Å²) in [7, 11) is 0. The van der Waals surface area contributed by atoms with Gasteiger partial charge in [-0.1, -0.05) is 24.3 Å². The Labute approximate surface area is 89.6 Å². The number of rotatable bonds is 2. The van der Waals surface area contributed by atoms with Gasteiger partial charge >= 0.3 is 0 Å². The van der Waals surface area contributed by atoms with E-state index in [0.717, 1.165) is 0 Å². The van der Waals surface area contributed by atoms with Gasteiger partial charge in [0.15, 0.2) is 0 Å². The second-order valence-corrected chi connectivity index (χ2v) is 3.73. The lowest BCUT2D eigenvalue weighted by Crippen LogP contribution is -2.10. The predicted molar refractivity (Wildman–Crippen MR) is 61.6 cm³/mol. The first kappa shape index (κ1) is 9.77. The molecule has 1 aromatic carbocycles. The summed E-state index contributed by atoms with van der Waals surface area (Å²) >= 11 is 0. The van der Waals surface area contributed by atoms with Crippen LogP contribution >= 0.6 is 0 Å². The zero-order chi connectivity index (χ0) is 10.8. The van der Waals surface area contributed by atoms with E-state index in [1.165, 1.54) is 11.1 Å². The molecule has 15 heavy (non-hydrogen) atoms. The first-order valence-corrected chi connectivity index (χ1v) is 5.04. The Morgan fingerprint density at radius 3 is 2.67 bits per heavy atom. The van der Waals surface area contributed by atoms with Crippen molar-refractivity contribution in [3.63, 3.8) is 0 Å². The summed E-state index contributed by atoms with van der Waals surface area (Å²) in [5.41, 5.74) is 8.34. The molecule has 1 aromatic heterocycles. The largest absolute Gasteiger partial charge is 0.369 e. The van der Waals surface area contributed by atoms with Crippen LogP contribution in [0.5, 0.6) is 0 Å². The van der Waals surface area contributed by atoms with Crippen LogP contribution in [0, 0.1) is 6.92 Å². The van der Waals surface area contributed by atoms with Crippen LogP contribution in [0.25, 0.3) is 0 Å². The summed E-state index contributed by atoms with van der Waals surface area (Å²) in [4.78, 5) is 4.03. The predicted octanol–water partition coefficient (Wildman–Crippen LogP) is 2.38. The monoisotopic (exact) mass is 201 g/mol. The van der Waals surface area contributed by atoms with E-state index in [2.05, 4.69) is 31.0 Å².